The van der Waals surface area contributed by atoms with Crippen molar-refractivity contribution in [3.63, 3.8) is 0 Å². The van der Waals surface area contributed by atoms with Gasteiger partial charge in [0.05, 0.1) is 5.69 Å². The fraction of sp³-hybridized carbons (Fsp3) is 0.227. The number of carbonyl (C=O) groups is 2. The summed E-state index contributed by atoms with van der Waals surface area (Å²) in [6.45, 7) is 1.65. The number of aliphatic imine (C=N–C) groups is 1. The Labute approximate surface area is 174 Å². The molecule has 152 valence electrons. The van der Waals surface area contributed by atoms with Crippen molar-refractivity contribution in [3.8, 4) is 11.1 Å². The van der Waals surface area contributed by atoms with E-state index in [4.69, 9.17) is 11.6 Å². The summed E-state index contributed by atoms with van der Waals surface area (Å²) in [6.07, 6.45) is 4.00. The number of fused-ring (bicyclic) bond motifs is 1. The average Bonchev–Trinajstić information content (AvgIpc) is 3.22. The zero-order valence-corrected chi connectivity index (χ0v) is 16.4. The molecule has 8 heteroatoms. The van der Waals surface area contributed by atoms with Gasteiger partial charge in [-0.15, -0.1) is 5.11 Å². The predicted molar refractivity (Wildman–Crippen MR) is 115 cm³/mol. The normalized spacial score (nSPS) is 16.1. The van der Waals surface area contributed by atoms with Crippen molar-refractivity contribution in [3.05, 3.63) is 59.2 Å². The quantitative estimate of drug-likeness (QED) is 0.465. The summed E-state index contributed by atoms with van der Waals surface area (Å²) in [5.74, 6) is 5.02. The highest BCUT2D eigenvalue weighted by molar-refractivity contribution is 6.05. The van der Waals surface area contributed by atoms with E-state index < -0.39 is 5.91 Å². The fourth-order valence-corrected chi connectivity index (χ4v) is 3.72. The van der Waals surface area contributed by atoms with Gasteiger partial charge in [-0.3, -0.25) is 9.59 Å². The van der Waals surface area contributed by atoms with Crippen molar-refractivity contribution in [2.75, 3.05) is 13.1 Å². The molecular weight excluding hydrogens is 380 g/mol. The number of carbonyl (C=O) groups excluding carboxylic acids is 2. The van der Waals surface area contributed by atoms with Gasteiger partial charge in [0.25, 0.3) is 5.91 Å². The molecule has 0 radical (unpaired) electrons. The topological polar surface area (TPSA) is 126 Å². The molecule has 1 fully saturated rings. The Bertz CT molecular complexity index is 1080. The monoisotopic (exact) mass is 402 g/mol. The molecule has 30 heavy (non-hydrogen) atoms. The molecule has 8 nitrogen and oxygen atoms in total. The predicted octanol–water partition coefficient (Wildman–Crippen LogP) is 3.22. The lowest BCUT2D eigenvalue weighted by Gasteiger charge is -2.15. The lowest BCUT2D eigenvalue weighted by atomic mass is 10.00. The Morgan fingerprint density at radius 1 is 1.00 bits per heavy atom. The van der Waals surface area contributed by atoms with Gasteiger partial charge in [-0.25, -0.2) is 4.99 Å². The molecule has 0 bridgehead atoms. The number of benzene rings is 2. The van der Waals surface area contributed by atoms with Crippen molar-refractivity contribution in [2.45, 2.75) is 19.3 Å². The maximum absolute atomic E-state index is 12.5. The molecule has 0 saturated carbocycles. The summed E-state index contributed by atoms with van der Waals surface area (Å²) in [5, 5.41) is 7.09. The van der Waals surface area contributed by atoms with E-state index in [0.29, 0.717) is 22.7 Å². The maximum Gasteiger partial charge on any atom is 0.253 e. The molecule has 2 amide bonds. The zero-order valence-electron chi connectivity index (χ0n) is 16.4. The SMILES string of the molecule is NN=NC1=Nc2cc(-c3ccc(C(=O)N4CCCC4)cc3)ccc2C=C(C(N)=O)C1. The van der Waals surface area contributed by atoms with Crippen LogP contribution >= 0.6 is 0 Å². The molecule has 4 rings (SSSR count). The van der Waals surface area contributed by atoms with Crippen molar-refractivity contribution in [1.82, 2.24) is 4.90 Å². The third-order valence-corrected chi connectivity index (χ3v) is 5.31. The van der Waals surface area contributed by atoms with Crippen LogP contribution in [0.4, 0.5) is 5.69 Å². The highest BCUT2D eigenvalue weighted by Crippen LogP contribution is 2.32. The maximum atomic E-state index is 12.5. The molecule has 1 saturated heterocycles. The molecule has 2 aromatic carbocycles. The molecule has 0 spiro atoms. The van der Waals surface area contributed by atoms with Gasteiger partial charge in [0.2, 0.25) is 5.91 Å². The van der Waals surface area contributed by atoms with Gasteiger partial charge in [0.15, 0.2) is 5.84 Å². The van der Waals surface area contributed by atoms with Crippen LogP contribution in [0.15, 0.2) is 63.4 Å². The summed E-state index contributed by atoms with van der Waals surface area (Å²) in [4.78, 5) is 30.6. The molecule has 0 atom stereocenters. The van der Waals surface area contributed by atoms with Crippen LogP contribution in [0.1, 0.15) is 35.2 Å². The van der Waals surface area contributed by atoms with Crippen LogP contribution in [-0.4, -0.2) is 35.6 Å². The third-order valence-electron chi connectivity index (χ3n) is 5.31. The van der Waals surface area contributed by atoms with Crippen LogP contribution in [-0.2, 0) is 4.79 Å². The molecule has 2 aliphatic heterocycles. The first-order chi connectivity index (χ1) is 14.5. The van der Waals surface area contributed by atoms with Gasteiger partial charge in [-0.05, 0) is 48.2 Å². The lowest BCUT2D eigenvalue weighted by molar-refractivity contribution is -0.114. The van der Waals surface area contributed by atoms with Crippen LogP contribution in [0.3, 0.4) is 0 Å². The van der Waals surface area contributed by atoms with Crippen LogP contribution in [0.25, 0.3) is 17.2 Å². The van der Waals surface area contributed by atoms with Crippen LogP contribution in [0.5, 0.6) is 0 Å². The van der Waals surface area contributed by atoms with Crippen molar-refractivity contribution in [2.24, 2.45) is 26.9 Å². The lowest BCUT2D eigenvalue weighted by Crippen LogP contribution is -2.27. The molecule has 4 N–H and O–H groups in total. The minimum absolute atomic E-state index is 0.0754. The van der Waals surface area contributed by atoms with Crippen LogP contribution in [0.2, 0.25) is 0 Å². The highest BCUT2D eigenvalue weighted by Gasteiger charge is 2.20. The number of nitrogens with two attached hydrogens (primary N) is 2. The van der Waals surface area contributed by atoms with Gasteiger partial charge in [-0.2, -0.15) is 0 Å². The summed E-state index contributed by atoms with van der Waals surface area (Å²) >= 11 is 0. The first-order valence-corrected chi connectivity index (χ1v) is 9.78. The Hall–Kier alpha value is -3.81. The standard InChI is InChI=1S/C22H22N6O2/c23-21(29)18-11-17-8-7-16(12-19(17)25-20(13-18)26-27-24)14-3-5-15(6-4-14)22(30)28-9-1-2-10-28/h3-8,11-12H,1-2,9-10,13H2,(H2,23,29)(H2,24,25,26). The number of likely N-dealkylation sites (tertiary alicyclic amines) is 1. The minimum Gasteiger partial charge on any atom is -0.366 e. The average molecular weight is 402 g/mol. The second-order valence-corrected chi connectivity index (χ2v) is 7.30. The first kappa shape index (κ1) is 19.5. The van der Waals surface area contributed by atoms with Crippen molar-refractivity contribution in [1.29, 1.82) is 0 Å². The van der Waals surface area contributed by atoms with Gasteiger partial charge >= 0.3 is 0 Å². The Morgan fingerprint density at radius 2 is 1.70 bits per heavy atom. The van der Waals surface area contributed by atoms with Crippen molar-refractivity contribution < 1.29 is 9.59 Å². The van der Waals surface area contributed by atoms with E-state index in [1.165, 1.54) is 0 Å². The summed E-state index contributed by atoms with van der Waals surface area (Å²) in [5.41, 5.74) is 9.82. The van der Waals surface area contributed by atoms with Gasteiger partial charge < -0.3 is 16.5 Å². The second kappa shape index (κ2) is 8.28. The zero-order chi connectivity index (χ0) is 21.1. The molecule has 2 aromatic rings. The van der Waals surface area contributed by atoms with E-state index in [2.05, 4.69) is 15.3 Å². The van der Waals surface area contributed by atoms with E-state index in [9.17, 15) is 9.59 Å². The molecule has 0 aromatic heterocycles. The fourth-order valence-electron chi connectivity index (χ4n) is 3.72. The Morgan fingerprint density at radius 3 is 2.37 bits per heavy atom. The molecule has 2 heterocycles. The summed E-state index contributed by atoms with van der Waals surface area (Å²) < 4.78 is 0. The van der Waals surface area contributed by atoms with E-state index in [1.54, 1.807) is 6.08 Å². The number of primary amides is 1. The number of hydrogen-bond acceptors (Lipinski definition) is 5. The largest absolute Gasteiger partial charge is 0.366 e. The number of amides is 2. The van der Waals surface area contributed by atoms with Crippen LogP contribution in [0, 0.1) is 0 Å². The number of amidine groups is 1. The van der Waals surface area contributed by atoms with Gasteiger partial charge in [0.1, 0.15) is 0 Å². The van der Waals surface area contributed by atoms with Crippen molar-refractivity contribution >= 4 is 29.4 Å². The second-order valence-electron chi connectivity index (χ2n) is 7.30. The molecular formula is C22H22N6O2. The molecule has 0 aliphatic carbocycles. The van der Waals surface area contributed by atoms with Gasteiger partial charge in [-0.1, -0.05) is 29.5 Å². The Kier molecular flexibility index (Phi) is 5.38. The minimum atomic E-state index is -0.537. The number of nitrogens with zero attached hydrogens (tertiary/aromatic N) is 4. The molecule has 2 aliphatic rings. The highest BCUT2D eigenvalue weighted by atomic mass is 16.2. The molecule has 0 unspecified atom stereocenters. The van der Waals surface area contributed by atoms with Crippen LogP contribution < -0.4 is 11.6 Å². The summed E-state index contributed by atoms with van der Waals surface area (Å²) in [6, 6.07) is 13.3. The number of hydrogen-bond donors (Lipinski definition) is 2. The smallest absolute Gasteiger partial charge is 0.253 e. The Balaban J connectivity index is 1.66. The third kappa shape index (κ3) is 3.98. The first-order valence-electron chi connectivity index (χ1n) is 9.78. The van der Waals surface area contributed by atoms with Gasteiger partial charge in [0, 0.05) is 36.2 Å². The van der Waals surface area contributed by atoms with E-state index in [0.717, 1.165) is 42.6 Å². The number of rotatable bonds is 3. The van der Waals surface area contributed by atoms with E-state index in [1.807, 2.05) is 47.4 Å². The van der Waals surface area contributed by atoms with E-state index >= 15 is 0 Å². The summed E-state index contributed by atoms with van der Waals surface area (Å²) in [7, 11) is 0. The van der Waals surface area contributed by atoms with E-state index in [-0.39, 0.29) is 12.3 Å².